The highest BCUT2D eigenvalue weighted by atomic mass is 35.5. The number of nitrogens with one attached hydrogen (secondary N) is 1. The molecule has 206 valence electrons. The molecule has 0 fully saturated rings. The van der Waals surface area contributed by atoms with Gasteiger partial charge in [0.2, 0.25) is 0 Å². The van der Waals surface area contributed by atoms with E-state index in [0.29, 0.717) is 37.8 Å². The third-order valence-electron chi connectivity index (χ3n) is 5.96. The summed E-state index contributed by atoms with van der Waals surface area (Å²) in [6.07, 6.45) is -3.00. The lowest BCUT2D eigenvalue weighted by molar-refractivity contribution is -0.138. The van der Waals surface area contributed by atoms with Crippen molar-refractivity contribution in [2.45, 2.75) is 25.8 Å². The molecule has 6 nitrogen and oxygen atoms in total. The number of thiazole rings is 1. The van der Waals surface area contributed by atoms with Crippen molar-refractivity contribution in [2.75, 3.05) is 0 Å². The van der Waals surface area contributed by atoms with Crippen LogP contribution < -0.4 is 9.47 Å². The predicted molar refractivity (Wildman–Crippen MR) is 142 cm³/mol. The predicted octanol–water partition coefficient (Wildman–Crippen LogP) is 7.89. The highest BCUT2D eigenvalue weighted by Crippen LogP contribution is 2.35. The Balaban J connectivity index is 1.42. The molecule has 0 amide bonds. The van der Waals surface area contributed by atoms with Gasteiger partial charge in [0.05, 0.1) is 27.6 Å². The zero-order valence-corrected chi connectivity index (χ0v) is 22.0. The fourth-order valence-corrected chi connectivity index (χ4v) is 5.20. The first-order chi connectivity index (χ1) is 19.1. The number of benzene rings is 3. The minimum absolute atomic E-state index is 0.0200. The van der Waals surface area contributed by atoms with Crippen LogP contribution in [0.5, 0.6) is 11.5 Å². The Labute approximate surface area is 233 Å². The van der Waals surface area contributed by atoms with Gasteiger partial charge in [0, 0.05) is 22.7 Å². The number of ether oxygens (including phenoxy) is 2. The number of rotatable bonds is 9. The van der Waals surface area contributed by atoms with Crippen LogP contribution in [0, 0.1) is 5.82 Å². The molecule has 0 saturated heterocycles. The molecule has 0 radical (unpaired) electrons. The van der Waals surface area contributed by atoms with Gasteiger partial charge in [0.25, 0.3) is 0 Å². The molecule has 0 spiro atoms. The molecule has 2 aromatic heterocycles. The lowest BCUT2D eigenvalue weighted by atomic mass is 10.1. The number of para-hydroxylation sites is 1. The van der Waals surface area contributed by atoms with Crippen molar-refractivity contribution in [2.24, 2.45) is 0 Å². The van der Waals surface area contributed by atoms with Crippen molar-refractivity contribution >= 4 is 39.8 Å². The maximum absolute atomic E-state index is 14.3. The lowest BCUT2D eigenvalue weighted by Crippen LogP contribution is -2.04. The van der Waals surface area contributed by atoms with Crippen LogP contribution >= 0.6 is 22.9 Å². The molecule has 5 aromatic rings. The SMILES string of the molecule is O=C(O)Cc1c[nH]c2ccc(OCc3sc(-c4ccc(C(F)(F)F)cc4)nc3COc3c(F)cccc3Cl)cc12. The van der Waals surface area contributed by atoms with E-state index in [1.165, 1.54) is 41.7 Å². The molecule has 0 unspecified atom stereocenters. The van der Waals surface area contributed by atoms with Crippen LogP contribution in [-0.4, -0.2) is 21.0 Å². The fourth-order valence-electron chi connectivity index (χ4n) is 4.00. The maximum Gasteiger partial charge on any atom is 0.416 e. The molecule has 2 heterocycles. The highest BCUT2D eigenvalue weighted by molar-refractivity contribution is 7.15. The van der Waals surface area contributed by atoms with E-state index >= 15 is 0 Å². The van der Waals surface area contributed by atoms with Crippen LogP contribution in [0.4, 0.5) is 17.6 Å². The van der Waals surface area contributed by atoms with Crippen LogP contribution in [0.1, 0.15) is 21.7 Å². The average Bonchev–Trinajstić information content (AvgIpc) is 3.50. The Hall–Kier alpha value is -4.09. The van der Waals surface area contributed by atoms with Crippen molar-refractivity contribution in [1.82, 2.24) is 9.97 Å². The first-order valence-electron chi connectivity index (χ1n) is 11.8. The number of aliphatic carboxylic acids is 1. The Morgan fingerprint density at radius 3 is 2.52 bits per heavy atom. The number of aromatic amines is 1. The van der Waals surface area contributed by atoms with Crippen LogP contribution in [-0.2, 0) is 30.6 Å². The summed E-state index contributed by atoms with van der Waals surface area (Å²) in [5.74, 6) is -1.30. The Kier molecular flexibility index (Phi) is 7.68. The smallest absolute Gasteiger partial charge is 0.416 e. The number of fused-ring (bicyclic) bond motifs is 1. The van der Waals surface area contributed by atoms with Gasteiger partial charge in [0.15, 0.2) is 11.6 Å². The molecule has 0 aliphatic carbocycles. The van der Waals surface area contributed by atoms with E-state index in [0.717, 1.165) is 17.6 Å². The summed E-state index contributed by atoms with van der Waals surface area (Å²) < 4.78 is 64.9. The van der Waals surface area contributed by atoms with E-state index in [4.69, 9.17) is 26.2 Å². The number of carboxylic acids is 1. The van der Waals surface area contributed by atoms with Crippen molar-refractivity contribution in [3.05, 3.63) is 99.4 Å². The molecular formula is C28H19ClF4N2O4S. The molecule has 0 aliphatic heterocycles. The quantitative estimate of drug-likeness (QED) is 0.171. The van der Waals surface area contributed by atoms with Crippen LogP contribution in [0.15, 0.2) is 66.9 Å². The second kappa shape index (κ2) is 11.2. The second-order valence-corrected chi connectivity index (χ2v) is 10.2. The molecule has 2 N–H and O–H groups in total. The monoisotopic (exact) mass is 590 g/mol. The molecular weight excluding hydrogens is 572 g/mol. The lowest BCUT2D eigenvalue weighted by Gasteiger charge is -2.10. The number of carbonyl (C=O) groups is 1. The molecule has 3 aromatic carbocycles. The van der Waals surface area contributed by atoms with Gasteiger partial charge in [-0.2, -0.15) is 13.2 Å². The highest BCUT2D eigenvalue weighted by Gasteiger charge is 2.30. The van der Waals surface area contributed by atoms with Gasteiger partial charge < -0.3 is 19.6 Å². The number of nitrogens with zero attached hydrogens (tertiary/aromatic N) is 1. The summed E-state index contributed by atoms with van der Waals surface area (Å²) >= 11 is 7.27. The average molecular weight is 591 g/mol. The van der Waals surface area contributed by atoms with E-state index in [1.807, 2.05) is 0 Å². The molecule has 0 aliphatic rings. The molecule has 40 heavy (non-hydrogen) atoms. The summed E-state index contributed by atoms with van der Waals surface area (Å²) in [4.78, 5) is 19.4. The van der Waals surface area contributed by atoms with Gasteiger partial charge >= 0.3 is 12.1 Å². The third-order valence-corrected chi connectivity index (χ3v) is 7.38. The summed E-state index contributed by atoms with van der Waals surface area (Å²) in [7, 11) is 0. The van der Waals surface area contributed by atoms with Gasteiger partial charge in [-0.25, -0.2) is 9.37 Å². The van der Waals surface area contributed by atoms with E-state index in [1.54, 1.807) is 24.4 Å². The van der Waals surface area contributed by atoms with E-state index in [9.17, 15) is 22.4 Å². The van der Waals surface area contributed by atoms with Crippen molar-refractivity contribution < 1.29 is 36.9 Å². The van der Waals surface area contributed by atoms with Crippen LogP contribution in [0.2, 0.25) is 5.02 Å². The van der Waals surface area contributed by atoms with Gasteiger partial charge in [0.1, 0.15) is 24.0 Å². The number of carboxylic acid groups (broad SMARTS) is 1. The number of alkyl halides is 3. The summed E-state index contributed by atoms with van der Waals surface area (Å²) in [5.41, 5.74) is 1.43. The van der Waals surface area contributed by atoms with Gasteiger partial charge in [-0.05, 0) is 48.0 Å². The number of hydrogen-bond acceptors (Lipinski definition) is 5. The van der Waals surface area contributed by atoms with Gasteiger partial charge in [-0.1, -0.05) is 29.8 Å². The molecule has 12 heteroatoms. The van der Waals surface area contributed by atoms with E-state index in [2.05, 4.69) is 9.97 Å². The summed E-state index contributed by atoms with van der Waals surface area (Å²) in [6, 6.07) is 13.9. The largest absolute Gasteiger partial charge is 0.488 e. The standard InChI is InChI=1S/C28H19ClF4N2O4S/c29-20-2-1-3-21(30)26(20)39-13-23-24(40-27(35-23)15-4-6-17(7-5-15)28(31,32)33)14-38-18-8-9-22-19(11-18)16(12-34-22)10-25(36)37/h1-9,11-12,34H,10,13-14H2,(H,36,37). The van der Waals surface area contributed by atoms with Crippen LogP contribution in [0.3, 0.4) is 0 Å². The Bertz CT molecular complexity index is 1660. The number of aromatic nitrogens is 2. The van der Waals surface area contributed by atoms with E-state index < -0.39 is 23.5 Å². The topological polar surface area (TPSA) is 84.4 Å². The van der Waals surface area contributed by atoms with Gasteiger partial charge in [-0.15, -0.1) is 11.3 Å². The summed E-state index contributed by atoms with van der Waals surface area (Å²) in [6.45, 7) is -0.151. The zero-order chi connectivity index (χ0) is 28.4. The third kappa shape index (κ3) is 6.05. The van der Waals surface area contributed by atoms with E-state index in [-0.39, 0.29) is 30.4 Å². The number of hydrogen-bond donors (Lipinski definition) is 2. The zero-order valence-electron chi connectivity index (χ0n) is 20.4. The minimum atomic E-state index is -4.47. The van der Waals surface area contributed by atoms with Gasteiger partial charge in [-0.3, -0.25) is 4.79 Å². The number of H-pyrrole nitrogens is 1. The minimum Gasteiger partial charge on any atom is -0.488 e. The first kappa shape index (κ1) is 27.5. The van der Waals surface area contributed by atoms with Crippen molar-refractivity contribution in [3.63, 3.8) is 0 Å². The molecule has 0 atom stereocenters. The molecule has 0 bridgehead atoms. The first-order valence-corrected chi connectivity index (χ1v) is 13.0. The Morgan fingerprint density at radius 2 is 1.82 bits per heavy atom. The maximum atomic E-state index is 14.3. The molecule has 5 rings (SSSR count). The Morgan fingerprint density at radius 1 is 1.05 bits per heavy atom. The van der Waals surface area contributed by atoms with Crippen LogP contribution in [0.25, 0.3) is 21.5 Å². The second-order valence-electron chi connectivity index (χ2n) is 8.68. The van der Waals surface area contributed by atoms with Crippen molar-refractivity contribution in [1.29, 1.82) is 0 Å². The van der Waals surface area contributed by atoms with Crippen molar-refractivity contribution in [3.8, 4) is 22.1 Å². The molecule has 0 saturated carbocycles. The normalized spacial score (nSPS) is 11.6. The fraction of sp³-hybridized carbons (Fsp3) is 0.143. The number of halogens is 5. The summed E-state index contributed by atoms with van der Waals surface area (Å²) in [5, 5.41) is 10.4.